The molecule has 110 valence electrons. The van der Waals surface area contributed by atoms with E-state index in [4.69, 9.17) is 16.3 Å². The predicted octanol–water partition coefficient (Wildman–Crippen LogP) is 4.57. The van der Waals surface area contributed by atoms with Crippen molar-refractivity contribution in [2.45, 2.75) is 6.04 Å². The largest absolute Gasteiger partial charge is 0.467 e. The maximum atomic E-state index is 13.7. The van der Waals surface area contributed by atoms with Crippen molar-refractivity contribution in [3.8, 4) is 0 Å². The third kappa shape index (κ3) is 3.74. The van der Waals surface area contributed by atoms with Gasteiger partial charge in [-0.05, 0) is 45.8 Å². The molecule has 2 aromatic rings. The van der Waals surface area contributed by atoms with Crippen LogP contribution in [0.4, 0.5) is 10.1 Å². The van der Waals surface area contributed by atoms with Crippen molar-refractivity contribution >= 4 is 39.2 Å². The molecule has 0 amide bonds. The highest BCUT2D eigenvalue weighted by molar-refractivity contribution is 9.10. The molecule has 2 aromatic carbocycles. The lowest BCUT2D eigenvalue weighted by atomic mass is 10.1. The van der Waals surface area contributed by atoms with Crippen molar-refractivity contribution in [2.24, 2.45) is 0 Å². The lowest BCUT2D eigenvalue weighted by molar-refractivity contribution is -0.141. The summed E-state index contributed by atoms with van der Waals surface area (Å²) in [5, 5.41) is 3.29. The molecule has 0 fully saturated rings. The van der Waals surface area contributed by atoms with Gasteiger partial charge in [0.25, 0.3) is 0 Å². The fraction of sp³-hybridized carbons (Fsp3) is 0.133. The first-order chi connectivity index (χ1) is 10.0. The summed E-state index contributed by atoms with van der Waals surface area (Å²) < 4.78 is 19.2. The van der Waals surface area contributed by atoms with Crippen LogP contribution < -0.4 is 5.32 Å². The second-order valence-corrected chi connectivity index (χ2v) is 5.52. The summed E-state index contributed by atoms with van der Waals surface area (Å²) >= 11 is 9.32. The summed E-state index contributed by atoms with van der Waals surface area (Å²) in [4.78, 5) is 12.0. The van der Waals surface area contributed by atoms with Crippen LogP contribution in [0, 0.1) is 5.82 Å². The molecule has 1 N–H and O–H groups in total. The van der Waals surface area contributed by atoms with E-state index in [-0.39, 0.29) is 5.69 Å². The van der Waals surface area contributed by atoms with Crippen LogP contribution in [0.2, 0.25) is 5.02 Å². The first kappa shape index (κ1) is 15.8. The Morgan fingerprint density at radius 1 is 1.33 bits per heavy atom. The Morgan fingerprint density at radius 2 is 2.05 bits per heavy atom. The van der Waals surface area contributed by atoms with Crippen molar-refractivity contribution in [1.29, 1.82) is 0 Å². The van der Waals surface area contributed by atoms with Gasteiger partial charge in [0.05, 0.1) is 17.8 Å². The van der Waals surface area contributed by atoms with E-state index in [1.54, 1.807) is 36.4 Å². The highest BCUT2D eigenvalue weighted by Crippen LogP contribution is 2.29. The fourth-order valence-corrected chi connectivity index (χ4v) is 2.26. The van der Waals surface area contributed by atoms with Gasteiger partial charge in [-0.15, -0.1) is 0 Å². The normalized spacial score (nSPS) is 11.8. The van der Waals surface area contributed by atoms with Crippen molar-refractivity contribution in [1.82, 2.24) is 0 Å². The fourth-order valence-electron chi connectivity index (χ4n) is 1.82. The number of rotatable bonds is 4. The molecule has 0 aliphatic heterocycles. The molecule has 3 nitrogen and oxygen atoms in total. The van der Waals surface area contributed by atoms with E-state index in [9.17, 15) is 9.18 Å². The van der Waals surface area contributed by atoms with Gasteiger partial charge in [-0.1, -0.05) is 29.8 Å². The molecule has 0 spiro atoms. The third-order valence-corrected chi connectivity index (χ3v) is 4.12. The Labute approximate surface area is 135 Å². The molecule has 0 saturated carbocycles. The van der Waals surface area contributed by atoms with Crippen LogP contribution in [0.25, 0.3) is 0 Å². The zero-order chi connectivity index (χ0) is 15.4. The average Bonchev–Trinajstić information content (AvgIpc) is 2.48. The van der Waals surface area contributed by atoms with Crippen LogP contribution in [0.1, 0.15) is 11.6 Å². The molecule has 0 heterocycles. The number of hydrogen-bond donors (Lipinski definition) is 1. The van der Waals surface area contributed by atoms with E-state index >= 15 is 0 Å². The van der Waals surface area contributed by atoms with Crippen molar-refractivity contribution < 1.29 is 13.9 Å². The molecule has 6 heteroatoms. The number of nitrogens with one attached hydrogen (secondary N) is 1. The van der Waals surface area contributed by atoms with Gasteiger partial charge in [0.15, 0.2) is 6.04 Å². The number of esters is 1. The van der Waals surface area contributed by atoms with Crippen LogP contribution in [-0.4, -0.2) is 13.1 Å². The Hall–Kier alpha value is -1.59. The zero-order valence-electron chi connectivity index (χ0n) is 11.1. The lowest BCUT2D eigenvalue weighted by Gasteiger charge is -2.19. The van der Waals surface area contributed by atoms with E-state index in [1.165, 1.54) is 13.2 Å². The number of anilines is 1. The lowest BCUT2D eigenvalue weighted by Crippen LogP contribution is -2.22. The van der Waals surface area contributed by atoms with E-state index in [2.05, 4.69) is 21.2 Å². The topological polar surface area (TPSA) is 38.3 Å². The highest BCUT2D eigenvalue weighted by atomic mass is 79.9. The third-order valence-electron chi connectivity index (χ3n) is 2.89. The number of carbonyl (C=O) groups is 1. The smallest absolute Gasteiger partial charge is 0.332 e. The molecule has 0 saturated heterocycles. The number of para-hydroxylation sites is 1. The Morgan fingerprint density at radius 3 is 2.67 bits per heavy atom. The minimum atomic E-state index is -0.850. The number of hydrogen-bond acceptors (Lipinski definition) is 3. The van der Waals surface area contributed by atoms with Gasteiger partial charge in [0.2, 0.25) is 0 Å². The van der Waals surface area contributed by atoms with Crippen LogP contribution in [0.3, 0.4) is 0 Å². The van der Waals surface area contributed by atoms with Gasteiger partial charge in [-0.25, -0.2) is 9.18 Å². The van der Waals surface area contributed by atoms with Gasteiger partial charge < -0.3 is 10.1 Å². The minimum Gasteiger partial charge on any atom is -0.467 e. The number of methoxy groups -OCH3 is 1. The SMILES string of the molecule is COC(=O)C(Nc1ccccc1F)c1ccc(Br)c(Cl)c1. The number of carbonyl (C=O) groups excluding carboxylic acids is 1. The zero-order valence-corrected chi connectivity index (χ0v) is 13.4. The Kier molecular flexibility index (Phi) is 5.20. The molecule has 1 unspecified atom stereocenters. The molecule has 2 rings (SSSR count). The quantitative estimate of drug-likeness (QED) is 0.799. The maximum absolute atomic E-state index is 13.7. The average molecular weight is 373 g/mol. The second-order valence-electron chi connectivity index (χ2n) is 4.25. The van der Waals surface area contributed by atoms with Gasteiger partial charge in [-0.2, -0.15) is 0 Å². The van der Waals surface area contributed by atoms with Crippen LogP contribution >= 0.6 is 27.5 Å². The molecule has 0 aliphatic rings. The predicted molar refractivity (Wildman–Crippen MR) is 83.9 cm³/mol. The van der Waals surface area contributed by atoms with E-state index in [0.29, 0.717) is 15.1 Å². The van der Waals surface area contributed by atoms with Crippen LogP contribution in [0.15, 0.2) is 46.9 Å². The van der Waals surface area contributed by atoms with Crippen molar-refractivity contribution in [3.63, 3.8) is 0 Å². The summed E-state index contributed by atoms with van der Waals surface area (Å²) in [7, 11) is 1.28. The summed E-state index contributed by atoms with van der Waals surface area (Å²) in [5.74, 6) is -0.980. The van der Waals surface area contributed by atoms with Gasteiger partial charge >= 0.3 is 5.97 Å². The monoisotopic (exact) mass is 371 g/mol. The standard InChI is InChI=1S/C15H12BrClFNO2/c1-21-15(20)14(9-6-7-10(16)11(17)8-9)19-13-5-3-2-4-12(13)18/h2-8,14,19H,1H3. The van der Waals surface area contributed by atoms with Crippen LogP contribution in [-0.2, 0) is 9.53 Å². The van der Waals surface area contributed by atoms with Gasteiger partial charge in [-0.3, -0.25) is 0 Å². The summed E-state index contributed by atoms with van der Waals surface area (Å²) in [6.07, 6.45) is 0. The molecule has 21 heavy (non-hydrogen) atoms. The Bertz CT molecular complexity index is 666. The first-order valence-electron chi connectivity index (χ1n) is 6.06. The van der Waals surface area contributed by atoms with E-state index in [1.807, 2.05) is 0 Å². The summed E-state index contributed by atoms with van der Waals surface area (Å²) in [6.45, 7) is 0. The molecular formula is C15H12BrClFNO2. The summed E-state index contributed by atoms with van der Waals surface area (Å²) in [6, 6.07) is 10.3. The highest BCUT2D eigenvalue weighted by Gasteiger charge is 2.23. The van der Waals surface area contributed by atoms with Crippen molar-refractivity contribution in [3.05, 3.63) is 63.3 Å². The number of benzene rings is 2. The van der Waals surface area contributed by atoms with E-state index in [0.717, 1.165) is 0 Å². The molecule has 0 radical (unpaired) electrons. The van der Waals surface area contributed by atoms with Gasteiger partial charge in [0.1, 0.15) is 5.82 Å². The first-order valence-corrected chi connectivity index (χ1v) is 7.24. The van der Waals surface area contributed by atoms with E-state index < -0.39 is 17.8 Å². The molecule has 1 atom stereocenters. The minimum absolute atomic E-state index is 0.215. The molecular weight excluding hydrogens is 361 g/mol. The molecule has 0 bridgehead atoms. The maximum Gasteiger partial charge on any atom is 0.332 e. The number of halogens is 3. The Balaban J connectivity index is 2.37. The molecule has 0 aromatic heterocycles. The second kappa shape index (κ2) is 6.91. The van der Waals surface area contributed by atoms with Crippen LogP contribution in [0.5, 0.6) is 0 Å². The van der Waals surface area contributed by atoms with Crippen molar-refractivity contribution in [2.75, 3.05) is 12.4 Å². The van der Waals surface area contributed by atoms with Gasteiger partial charge in [0, 0.05) is 4.47 Å². The number of ether oxygens (including phenoxy) is 1. The molecule has 0 aliphatic carbocycles. The summed E-state index contributed by atoms with van der Waals surface area (Å²) in [5.41, 5.74) is 0.797.